The number of hydrogen-bond donors (Lipinski definition) is 2. The van der Waals surface area contributed by atoms with Gasteiger partial charge < -0.3 is 14.9 Å². The van der Waals surface area contributed by atoms with Gasteiger partial charge in [-0.1, -0.05) is 91.9 Å². The Morgan fingerprint density at radius 2 is 1.04 bits per heavy atom. The topological polar surface area (TPSA) is 49.7 Å². The number of aromatic hydroxyl groups is 2. The van der Waals surface area contributed by atoms with E-state index in [4.69, 9.17) is 4.74 Å². The molecule has 2 N–H and O–H groups in total. The first-order chi connectivity index (χ1) is 13.6. The van der Waals surface area contributed by atoms with Crippen LogP contribution in [0.25, 0.3) is 0 Å². The summed E-state index contributed by atoms with van der Waals surface area (Å²) < 4.78 is 6.06. The first-order valence-corrected chi connectivity index (χ1v) is 11.8. The lowest BCUT2D eigenvalue weighted by atomic mass is 9.90. The van der Waals surface area contributed by atoms with Gasteiger partial charge in [-0.25, -0.2) is 0 Å². The van der Waals surface area contributed by atoms with Crippen LogP contribution in [0, 0.1) is 0 Å². The quantitative estimate of drug-likeness (QED) is 0.226. The minimum Gasteiger partial charge on any atom is -0.504 e. The molecule has 3 heteroatoms. The van der Waals surface area contributed by atoms with Crippen molar-refractivity contribution in [2.75, 3.05) is 6.61 Å². The SMILES string of the molecule is CCCCCCCCCCOc1c(O)c(O)c(CCC)c(CCC)c1CCC. The molecule has 0 heterocycles. The summed E-state index contributed by atoms with van der Waals surface area (Å²) in [5.41, 5.74) is 3.24. The van der Waals surface area contributed by atoms with E-state index in [1.165, 1.54) is 44.1 Å². The Morgan fingerprint density at radius 3 is 1.61 bits per heavy atom. The molecule has 1 aromatic rings. The van der Waals surface area contributed by atoms with Crippen molar-refractivity contribution < 1.29 is 14.9 Å². The molecule has 162 valence electrons. The number of phenols is 2. The molecule has 0 spiro atoms. The predicted molar refractivity (Wildman–Crippen MR) is 120 cm³/mol. The molecular weight excluding hydrogens is 348 g/mol. The van der Waals surface area contributed by atoms with Crippen molar-refractivity contribution >= 4 is 0 Å². The largest absolute Gasteiger partial charge is 0.504 e. The number of phenolic OH excluding ortho intramolecular Hbond substituents is 2. The van der Waals surface area contributed by atoms with E-state index in [2.05, 4.69) is 27.7 Å². The van der Waals surface area contributed by atoms with Gasteiger partial charge >= 0.3 is 0 Å². The Labute approximate surface area is 173 Å². The van der Waals surface area contributed by atoms with Crippen molar-refractivity contribution in [3.05, 3.63) is 16.7 Å². The maximum atomic E-state index is 10.7. The summed E-state index contributed by atoms with van der Waals surface area (Å²) in [7, 11) is 0. The lowest BCUT2D eigenvalue weighted by molar-refractivity contribution is 0.278. The van der Waals surface area contributed by atoms with Crippen LogP contribution in [-0.2, 0) is 19.3 Å². The van der Waals surface area contributed by atoms with Crippen molar-refractivity contribution in [1.29, 1.82) is 0 Å². The van der Waals surface area contributed by atoms with Crippen molar-refractivity contribution in [3.63, 3.8) is 0 Å². The highest BCUT2D eigenvalue weighted by Gasteiger charge is 2.23. The molecular formula is C25H44O3. The van der Waals surface area contributed by atoms with Gasteiger partial charge in [0.1, 0.15) is 0 Å². The maximum absolute atomic E-state index is 10.7. The minimum absolute atomic E-state index is 0.0380. The minimum atomic E-state index is -0.0497. The molecule has 1 rings (SSSR count). The van der Waals surface area contributed by atoms with Crippen LogP contribution in [0.3, 0.4) is 0 Å². The Hall–Kier alpha value is -1.38. The third-order valence-corrected chi connectivity index (χ3v) is 5.47. The van der Waals surface area contributed by atoms with Crippen LogP contribution >= 0.6 is 0 Å². The van der Waals surface area contributed by atoms with Crippen molar-refractivity contribution in [2.24, 2.45) is 0 Å². The molecule has 0 unspecified atom stereocenters. The number of ether oxygens (including phenoxy) is 1. The normalized spacial score (nSPS) is 11.1. The van der Waals surface area contributed by atoms with Crippen LogP contribution in [0.5, 0.6) is 17.2 Å². The summed E-state index contributed by atoms with van der Waals surface area (Å²) in [5, 5.41) is 21.3. The standard InChI is InChI=1S/C25H44O3/c1-5-9-10-11-12-13-14-15-19-28-25-22(18-8-4)20(16-6-2)21(17-7-3)23(26)24(25)27/h26-27H,5-19H2,1-4H3. The monoisotopic (exact) mass is 392 g/mol. The van der Waals surface area contributed by atoms with Crippen molar-refractivity contribution in [3.8, 4) is 17.2 Å². The molecule has 0 bridgehead atoms. The van der Waals surface area contributed by atoms with Gasteiger partial charge in [0.15, 0.2) is 11.5 Å². The molecule has 0 amide bonds. The maximum Gasteiger partial charge on any atom is 0.201 e. The zero-order valence-corrected chi connectivity index (χ0v) is 18.9. The molecule has 0 aliphatic rings. The summed E-state index contributed by atoms with van der Waals surface area (Å²) in [5.74, 6) is 0.521. The van der Waals surface area contributed by atoms with E-state index in [9.17, 15) is 10.2 Å². The lowest BCUT2D eigenvalue weighted by Crippen LogP contribution is -2.07. The average molecular weight is 393 g/mol. The van der Waals surface area contributed by atoms with Gasteiger partial charge in [0, 0.05) is 11.1 Å². The fraction of sp³-hybridized carbons (Fsp3) is 0.760. The Kier molecular flexibility index (Phi) is 12.9. The average Bonchev–Trinajstić information content (AvgIpc) is 2.69. The molecule has 0 atom stereocenters. The van der Waals surface area contributed by atoms with Gasteiger partial charge in [0.2, 0.25) is 5.75 Å². The number of rotatable bonds is 16. The molecule has 0 saturated heterocycles. The molecule has 0 saturated carbocycles. The van der Waals surface area contributed by atoms with E-state index in [-0.39, 0.29) is 11.5 Å². The van der Waals surface area contributed by atoms with Crippen LogP contribution in [0.1, 0.15) is 115 Å². The van der Waals surface area contributed by atoms with Crippen LogP contribution in [0.2, 0.25) is 0 Å². The zero-order valence-electron chi connectivity index (χ0n) is 18.9. The summed E-state index contributed by atoms with van der Waals surface area (Å²) in [6.45, 7) is 9.28. The lowest BCUT2D eigenvalue weighted by Gasteiger charge is -2.22. The van der Waals surface area contributed by atoms with Gasteiger partial charge in [-0.05, 0) is 31.2 Å². The molecule has 0 aliphatic carbocycles. The van der Waals surface area contributed by atoms with Gasteiger partial charge in [0.25, 0.3) is 0 Å². The second-order valence-corrected chi connectivity index (χ2v) is 8.04. The summed E-state index contributed by atoms with van der Waals surface area (Å²) in [6, 6.07) is 0. The fourth-order valence-corrected chi connectivity index (χ4v) is 4.01. The molecule has 0 fully saturated rings. The second kappa shape index (κ2) is 14.6. The molecule has 0 aromatic heterocycles. The first kappa shape index (κ1) is 24.7. The molecule has 0 aliphatic heterocycles. The number of benzene rings is 1. The molecule has 1 aromatic carbocycles. The Bertz CT molecular complexity index is 551. The highest BCUT2D eigenvalue weighted by Crippen LogP contribution is 2.45. The zero-order chi connectivity index (χ0) is 20.8. The highest BCUT2D eigenvalue weighted by molar-refractivity contribution is 5.62. The van der Waals surface area contributed by atoms with Crippen LogP contribution in [0.4, 0.5) is 0 Å². The third kappa shape index (κ3) is 7.56. The Balaban J connectivity index is 2.78. The highest BCUT2D eigenvalue weighted by atomic mass is 16.5. The van der Waals surface area contributed by atoms with Crippen molar-refractivity contribution in [2.45, 2.75) is 118 Å². The Morgan fingerprint density at radius 1 is 0.536 bits per heavy atom. The van der Waals surface area contributed by atoms with Crippen LogP contribution in [0.15, 0.2) is 0 Å². The smallest absolute Gasteiger partial charge is 0.201 e. The van der Waals surface area contributed by atoms with E-state index >= 15 is 0 Å². The molecule has 0 radical (unpaired) electrons. The van der Waals surface area contributed by atoms with Gasteiger partial charge in [-0.3, -0.25) is 0 Å². The number of hydrogen-bond acceptors (Lipinski definition) is 3. The summed E-state index contributed by atoms with van der Waals surface area (Å²) in [4.78, 5) is 0. The van der Waals surface area contributed by atoms with Gasteiger partial charge in [-0.15, -0.1) is 0 Å². The van der Waals surface area contributed by atoms with E-state index in [1.807, 2.05) is 0 Å². The third-order valence-electron chi connectivity index (χ3n) is 5.47. The van der Waals surface area contributed by atoms with E-state index in [0.29, 0.717) is 12.4 Å². The van der Waals surface area contributed by atoms with Gasteiger partial charge in [-0.2, -0.15) is 0 Å². The summed E-state index contributed by atoms with van der Waals surface area (Å²) >= 11 is 0. The molecule has 28 heavy (non-hydrogen) atoms. The van der Waals surface area contributed by atoms with E-state index < -0.39 is 0 Å². The molecule has 3 nitrogen and oxygen atoms in total. The second-order valence-electron chi connectivity index (χ2n) is 8.04. The number of unbranched alkanes of at least 4 members (excludes halogenated alkanes) is 7. The van der Waals surface area contributed by atoms with Crippen LogP contribution < -0.4 is 4.74 Å². The van der Waals surface area contributed by atoms with Gasteiger partial charge in [0.05, 0.1) is 6.61 Å². The van der Waals surface area contributed by atoms with Crippen LogP contribution in [-0.4, -0.2) is 16.8 Å². The summed E-state index contributed by atoms with van der Waals surface area (Å²) in [6.07, 6.45) is 15.6. The first-order valence-electron chi connectivity index (χ1n) is 11.8. The van der Waals surface area contributed by atoms with E-state index in [1.54, 1.807) is 0 Å². The van der Waals surface area contributed by atoms with E-state index in [0.717, 1.165) is 62.5 Å². The van der Waals surface area contributed by atoms with Crippen molar-refractivity contribution in [1.82, 2.24) is 0 Å². The predicted octanol–water partition coefficient (Wildman–Crippen LogP) is 7.47. The fourth-order valence-electron chi connectivity index (χ4n) is 4.01.